The van der Waals surface area contributed by atoms with Crippen LogP contribution >= 0.6 is 12.4 Å². The number of piperidine rings is 1. The zero-order chi connectivity index (χ0) is 17.7. The smallest absolute Gasteiger partial charge is 0.273 e. The fourth-order valence-corrected chi connectivity index (χ4v) is 2.94. The molecule has 0 radical (unpaired) electrons. The minimum atomic E-state index is -0.495. The summed E-state index contributed by atoms with van der Waals surface area (Å²) >= 11 is 0. The molecule has 25 heavy (non-hydrogen) atoms. The molecule has 3 N–H and O–H groups in total. The molecule has 0 spiro atoms. The normalized spacial score (nSPS) is 16.7. The second-order valence-corrected chi connectivity index (χ2v) is 5.88. The Bertz CT molecular complexity index is 653. The van der Waals surface area contributed by atoms with Crippen molar-refractivity contribution in [3.8, 4) is 0 Å². The fraction of sp³-hybridized carbons (Fsp3) is 0.500. The van der Waals surface area contributed by atoms with E-state index in [2.05, 4.69) is 5.32 Å². The van der Waals surface area contributed by atoms with Gasteiger partial charge in [0.05, 0.1) is 10.8 Å². The Morgan fingerprint density at radius 3 is 2.80 bits per heavy atom. The van der Waals surface area contributed by atoms with E-state index in [1.807, 2.05) is 0 Å². The molecule has 0 bridgehead atoms. The summed E-state index contributed by atoms with van der Waals surface area (Å²) in [6.45, 7) is 3.21. The predicted octanol–water partition coefficient (Wildman–Crippen LogP) is 1.25. The largest absolute Gasteiger partial charge is 0.355 e. The monoisotopic (exact) mass is 370 g/mol. The lowest BCUT2D eigenvalue weighted by Crippen LogP contribution is -2.46. The van der Waals surface area contributed by atoms with E-state index in [9.17, 15) is 19.7 Å². The molecule has 2 amide bonds. The molecule has 1 atom stereocenters. The van der Waals surface area contributed by atoms with Crippen LogP contribution in [-0.2, 0) is 4.79 Å². The van der Waals surface area contributed by atoms with E-state index >= 15 is 0 Å². The Morgan fingerprint density at radius 2 is 2.16 bits per heavy atom. The van der Waals surface area contributed by atoms with E-state index in [1.54, 1.807) is 17.9 Å². The number of carbonyl (C=O) groups is 2. The molecular weight excluding hydrogens is 348 g/mol. The van der Waals surface area contributed by atoms with Crippen LogP contribution in [0.15, 0.2) is 18.2 Å². The Kier molecular flexibility index (Phi) is 7.79. The van der Waals surface area contributed by atoms with Crippen LogP contribution in [-0.4, -0.2) is 47.8 Å². The third-order valence-corrected chi connectivity index (χ3v) is 4.26. The van der Waals surface area contributed by atoms with E-state index in [1.165, 1.54) is 12.1 Å². The summed E-state index contributed by atoms with van der Waals surface area (Å²) in [5, 5.41) is 13.8. The number of hydrogen-bond acceptors (Lipinski definition) is 5. The van der Waals surface area contributed by atoms with Gasteiger partial charge in [0, 0.05) is 43.4 Å². The summed E-state index contributed by atoms with van der Waals surface area (Å²) in [7, 11) is 0. The Balaban J connectivity index is 0.00000312. The molecule has 9 heteroatoms. The number of amides is 2. The van der Waals surface area contributed by atoms with Crippen molar-refractivity contribution >= 4 is 29.9 Å². The zero-order valence-electron chi connectivity index (χ0n) is 14.1. The van der Waals surface area contributed by atoms with Crippen LogP contribution < -0.4 is 11.1 Å². The quantitative estimate of drug-likeness (QED) is 0.597. The third-order valence-electron chi connectivity index (χ3n) is 4.26. The summed E-state index contributed by atoms with van der Waals surface area (Å²) < 4.78 is 0. The first-order valence-electron chi connectivity index (χ1n) is 7.96. The number of halogens is 1. The maximum absolute atomic E-state index is 12.7. The zero-order valence-corrected chi connectivity index (χ0v) is 14.9. The molecule has 0 saturated carbocycles. The highest BCUT2D eigenvalue weighted by molar-refractivity contribution is 5.97. The molecular formula is C16H23ClN4O4. The number of nitrogens with two attached hydrogens (primary N) is 1. The molecule has 2 rings (SSSR count). The number of carbonyl (C=O) groups excluding carboxylic acids is 2. The molecule has 0 aromatic heterocycles. The second kappa shape index (κ2) is 9.33. The van der Waals surface area contributed by atoms with Gasteiger partial charge in [0.25, 0.3) is 11.6 Å². The van der Waals surface area contributed by atoms with Crippen LogP contribution in [0.2, 0.25) is 0 Å². The van der Waals surface area contributed by atoms with Crippen LogP contribution in [0, 0.1) is 23.0 Å². The van der Waals surface area contributed by atoms with E-state index < -0.39 is 4.92 Å². The maximum atomic E-state index is 12.7. The first-order chi connectivity index (χ1) is 11.5. The Hall–Kier alpha value is -2.19. The number of hydrogen-bond donors (Lipinski definition) is 2. The maximum Gasteiger partial charge on any atom is 0.273 e. The molecule has 1 aliphatic heterocycles. The average Bonchev–Trinajstić information content (AvgIpc) is 2.59. The van der Waals surface area contributed by atoms with Crippen LogP contribution in [0.3, 0.4) is 0 Å². The van der Waals surface area contributed by atoms with Gasteiger partial charge < -0.3 is 16.0 Å². The molecule has 1 fully saturated rings. The van der Waals surface area contributed by atoms with Crippen LogP contribution in [0.25, 0.3) is 0 Å². The molecule has 0 aliphatic carbocycles. The third kappa shape index (κ3) is 4.90. The molecule has 1 unspecified atom stereocenters. The van der Waals surface area contributed by atoms with Gasteiger partial charge in [-0.15, -0.1) is 12.4 Å². The number of nitrogens with one attached hydrogen (secondary N) is 1. The lowest BCUT2D eigenvalue weighted by molar-refractivity contribution is -0.385. The summed E-state index contributed by atoms with van der Waals surface area (Å²) in [5.74, 6) is -0.644. The molecule has 1 aromatic carbocycles. The number of rotatable bonds is 5. The number of nitro benzene ring substituents is 1. The molecule has 1 aromatic rings. The first-order valence-corrected chi connectivity index (χ1v) is 7.96. The minimum Gasteiger partial charge on any atom is -0.355 e. The molecule has 138 valence electrons. The standard InChI is InChI=1S/C16H22N4O4.ClH/c1-11-13(5-2-6-14(11)20(23)24)16(22)19-9-3-4-12(10-19)15(21)18-8-7-17;/h2,5-6,12H,3-4,7-10,17H2,1H3,(H,18,21);1H. The van der Waals surface area contributed by atoms with E-state index in [0.717, 1.165) is 6.42 Å². The first kappa shape index (κ1) is 20.9. The lowest BCUT2D eigenvalue weighted by Gasteiger charge is -2.32. The van der Waals surface area contributed by atoms with Gasteiger partial charge in [0.15, 0.2) is 0 Å². The van der Waals surface area contributed by atoms with Gasteiger partial charge in [-0.3, -0.25) is 19.7 Å². The van der Waals surface area contributed by atoms with Crippen molar-refractivity contribution in [1.82, 2.24) is 10.2 Å². The number of nitrogens with zero attached hydrogens (tertiary/aromatic N) is 2. The van der Waals surface area contributed by atoms with Gasteiger partial charge in [-0.05, 0) is 25.8 Å². The Morgan fingerprint density at radius 1 is 1.44 bits per heavy atom. The van der Waals surface area contributed by atoms with Gasteiger partial charge in [0.2, 0.25) is 5.91 Å². The van der Waals surface area contributed by atoms with Crippen LogP contribution in [0.4, 0.5) is 5.69 Å². The summed E-state index contributed by atoms with van der Waals surface area (Å²) in [6.07, 6.45) is 1.44. The van der Waals surface area contributed by atoms with Crippen molar-refractivity contribution < 1.29 is 14.5 Å². The van der Waals surface area contributed by atoms with Gasteiger partial charge in [-0.2, -0.15) is 0 Å². The van der Waals surface area contributed by atoms with Crippen molar-refractivity contribution in [2.24, 2.45) is 11.7 Å². The van der Waals surface area contributed by atoms with Crippen molar-refractivity contribution in [3.05, 3.63) is 39.4 Å². The highest BCUT2D eigenvalue weighted by Gasteiger charge is 2.30. The van der Waals surface area contributed by atoms with Crippen molar-refractivity contribution in [3.63, 3.8) is 0 Å². The average molecular weight is 371 g/mol. The number of benzene rings is 1. The predicted molar refractivity (Wildman–Crippen MR) is 95.8 cm³/mol. The summed E-state index contributed by atoms with van der Waals surface area (Å²) in [5.41, 5.74) is 5.97. The lowest BCUT2D eigenvalue weighted by atomic mass is 9.95. The second-order valence-electron chi connectivity index (χ2n) is 5.88. The Labute approximate surface area is 152 Å². The number of nitro groups is 1. The minimum absolute atomic E-state index is 0. The molecule has 1 aliphatic rings. The number of likely N-dealkylation sites (tertiary alicyclic amines) is 1. The molecule has 1 heterocycles. The van der Waals surface area contributed by atoms with Crippen molar-refractivity contribution in [2.75, 3.05) is 26.2 Å². The molecule has 1 saturated heterocycles. The van der Waals surface area contributed by atoms with Crippen molar-refractivity contribution in [2.45, 2.75) is 19.8 Å². The highest BCUT2D eigenvalue weighted by atomic mass is 35.5. The van der Waals surface area contributed by atoms with E-state index in [0.29, 0.717) is 43.7 Å². The van der Waals surface area contributed by atoms with Gasteiger partial charge in [0.1, 0.15) is 0 Å². The highest BCUT2D eigenvalue weighted by Crippen LogP contribution is 2.24. The van der Waals surface area contributed by atoms with Gasteiger partial charge in [-0.1, -0.05) is 6.07 Å². The SMILES string of the molecule is Cc1c(C(=O)N2CCCC(C(=O)NCCN)C2)cccc1[N+](=O)[O-].Cl. The molecule has 8 nitrogen and oxygen atoms in total. The van der Waals surface area contributed by atoms with Crippen LogP contribution in [0.1, 0.15) is 28.8 Å². The summed E-state index contributed by atoms with van der Waals surface area (Å²) in [6, 6.07) is 4.47. The van der Waals surface area contributed by atoms with E-state index in [-0.39, 0.29) is 35.8 Å². The topological polar surface area (TPSA) is 119 Å². The van der Waals surface area contributed by atoms with Gasteiger partial charge in [-0.25, -0.2) is 0 Å². The summed E-state index contributed by atoms with van der Waals surface area (Å²) in [4.78, 5) is 36.9. The van der Waals surface area contributed by atoms with Crippen LogP contribution in [0.5, 0.6) is 0 Å². The fourth-order valence-electron chi connectivity index (χ4n) is 2.94. The van der Waals surface area contributed by atoms with Gasteiger partial charge >= 0.3 is 0 Å². The van der Waals surface area contributed by atoms with E-state index in [4.69, 9.17) is 5.73 Å². The van der Waals surface area contributed by atoms with Crippen molar-refractivity contribution in [1.29, 1.82) is 0 Å².